The fraction of sp³-hybridized carbons (Fsp3) is 0.842. The van der Waals surface area contributed by atoms with Gasteiger partial charge in [-0.1, -0.05) is 20.8 Å². The number of methoxy groups -OCH3 is 1. The first-order valence-electron chi connectivity index (χ1n) is 9.96. The summed E-state index contributed by atoms with van der Waals surface area (Å²) >= 11 is 0. The van der Waals surface area contributed by atoms with Crippen LogP contribution < -0.4 is 0 Å². The van der Waals surface area contributed by atoms with Crippen LogP contribution in [-0.2, 0) is 42.5 Å². The average molecular weight is 435 g/mol. The Labute approximate surface area is 173 Å². The van der Waals surface area contributed by atoms with Crippen molar-refractivity contribution in [2.75, 3.05) is 13.7 Å². The van der Waals surface area contributed by atoms with Crippen molar-refractivity contribution in [2.24, 2.45) is 0 Å². The van der Waals surface area contributed by atoms with Crippen molar-refractivity contribution in [3.8, 4) is 0 Å². The van der Waals surface area contributed by atoms with E-state index in [1.807, 2.05) is 0 Å². The molecule has 0 spiro atoms. The standard InChI is InChI=1S/C19H34O9Si/c1-8-29(9-2,10-3)28-16-15(11-24-12(4)20)27-19(23-7)18(26-14(6)22)17(16)25-13(5)21/h15-19H,8-11H2,1-7H3/t15-,16-,17+,18-,19+/m1/s1. The van der Waals surface area contributed by atoms with E-state index in [1.165, 1.54) is 27.9 Å². The molecule has 0 aromatic carbocycles. The lowest BCUT2D eigenvalue weighted by Crippen LogP contribution is -2.64. The smallest absolute Gasteiger partial charge is 0.303 e. The Bertz CT molecular complexity index is 556. The molecule has 0 unspecified atom stereocenters. The molecule has 1 fully saturated rings. The van der Waals surface area contributed by atoms with Crippen LogP contribution in [0.2, 0.25) is 18.1 Å². The van der Waals surface area contributed by atoms with E-state index in [2.05, 4.69) is 20.8 Å². The van der Waals surface area contributed by atoms with Crippen molar-refractivity contribution in [3.05, 3.63) is 0 Å². The van der Waals surface area contributed by atoms with Crippen molar-refractivity contribution < 1.29 is 42.5 Å². The zero-order valence-corrected chi connectivity index (χ0v) is 19.4. The first-order chi connectivity index (χ1) is 13.6. The van der Waals surface area contributed by atoms with E-state index in [-0.39, 0.29) is 6.61 Å². The summed E-state index contributed by atoms with van der Waals surface area (Å²) in [6.45, 7) is 9.89. The van der Waals surface area contributed by atoms with Gasteiger partial charge < -0.3 is 28.1 Å². The van der Waals surface area contributed by atoms with E-state index < -0.39 is 56.9 Å². The van der Waals surface area contributed by atoms with Crippen molar-refractivity contribution in [1.82, 2.24) is 0 Å². The molecular weight excluding hydrogens is 400 g/mol. The van der Waals surface area contributed by atoms with Gasteiger partial charge in [-0.3, -0.25) is 14.4 Å². The highest BCUT2D eigenvalue weighted by Gasteiger charge is 2.53. The van der Waals surface area contributed by atoms with Crippen molar-refractivity contribution >= 4 is 26.2 Å². The number of hydrogen-bond donors (Lipinski definition) is 0. The minimum atomic E-state index is -2.19. The summed E-state index contributed by atoms with van der Waals surface area (Å²) in [6.07, 6.45) is -4.52. The van der Waals surface area contributed by atoms with E-state index in [1.54, 1.807) is 0 Å². The van der Waals surface area contributed by atoms with Crippen molar-refractivity contribution in [3.63, 3.8) is 0 Å². The van der Waals surface area contributed by atoms with Crippen LogP contribution in [0.1, 0.15) is 41.5 Å². The third-order valence-corrected chi connectivity index (χ3v) is 9.84. The minimum Gasteiger partial charge on any atom is -0.463 e. The number of ether oxygens (including phenoxy) is 5. The molecule has 1 aliphatic rings. The molecule has 5 atom stereocenters. The second kappa shape index (κ2) is 11.6. The van der Waals surface area contributed by atoms with Gasteiger partial charge in [0, 0.05) is 27.9 Å². The van der Waals surface area contributed by atoms with Gasteiger partial charge in [-0.25, -0.2) is 0 Å². The fourth-order valence-electron chi connectivity index (χ4n) is 3.48. The van der Waals surface area contributed by atoms with Gasteiger partial charge in [0.1, 0.15) is 18.8 Å². The molecule has 0 aromatic heterocycles. The Morgan fingerprint density at radius 2 is 1.34 bits per heavy atom. The predicted octanol–water partition coefficient (Wildman–Crippen LogP) is 2.17. The summed E-state index contributed by atoms with van der Waals surface area (Å²) in [7, 11) is -0.802. The maximum absolute atomic E-state index is 11.9. The first kappa shape index (κ1) is 25.5. The minimum absolute atomic E-state index is 0.105. The summed E-state index contributed by atoms with van der Waals surface area (Å²) in [4.78, 5) is 34.9. The molecule has 0 saturated carbocycles. The van der Waals surface area contributed by atoms with Crippen molar-refractivity contribution in [2.45, 2.75) is 90.4 Å². The molecule has 10 heteroatoms. The van der Waals surface area contributed by atoms with Crippen LogP contribution in [0.3, 0.4) is 0 Å². The maximum Gasteiger partial charge on any atom is 0.303 e. The predicted molar refractivity (Wildman–Crippen MR) is 105 cm³/mol. The lowest BCUT2D eigenvalue weighted by molar-refractivity contribution is -0.298. The van der Waals surface area contributed by atoms with Gasteiger partial charge in [0.15, 0.2) is 26.8 Å². The number of carbonyl (C=O) groups excluding carboxylic acids is 3. The highest BCUT2D eigenvalue weighted by atomic mass is 28.4. The van der Waals surface area contributed by atoms with Crippen LogP contribution >= 0.6 is 0 Å². The molecule has 0 radical (unpaired) electrons. The largest absolute Gasteiger partial charge is 0.463 e. The highest BCUT2D eigenvalue weighted by molar-refractivity contribution is 6.73. The topological polar surface area (TPSA) is 107 Å². The van der Waals surface area contributed by atoms with Gasteiger partial charge >= 0.3 is 17.9 Å². The molecule has 9 nitrogen and oxygen atoms in total. The summed E-state index contributed by atoms with van der Waals surface area (Å²) in [5, 5.41) is 0. The second-order valence-electron chi connectivity index (χ2n) is 7.06. The molecule has 168 valence electrons. The van der Waals surface area contributed by atoms with Crippen molar-refractivity contribution in [1.29, 1.82) is 0 Å². The van der Waals surface area contributed by atoms with Gasteiger partial charge in [-0.05, 0) is 18.1 Å². The molecule has 1 heterocycles. The Morgan fingerprint density at radius 1 is 0.828 bits per heavy atom. The first-order valence-corrected chi connectivity index (χ1v) is 12.5. The molecule has 0 aliphatic carbocycles. The Kier molecular flexibility index (Phi) is 10.2. The number of esters is 3. The van der Waals surface area contributed by atoms with E-state index in [9.17, 15) is 14.4 Å². The summed E-state index contributed by atoms with van der Waals surface area (Å²) in [5.74, 6) is -1.60. The maximum atomic E-state index is 11.9. The number of rotatable bonds is 10. The van der Waals surface area contributed by atoms with Crippen LogP contribution in [0.25, 0.3) is 0 Å². The molecule has 0 bridgehead atoms. The number of carbonyl (C=O) groups is 3. The van der Waals surface area contributed by atoms with Gasteiger partial charge in [0.25, 0.3) is 0 Å². The summed E-state index contributed by atoms with van der Waals surface area (Å²) in [5.41, 5.74) is 0. The van der Waals surface area contributed by atoms with Crippen LogP contribution in [0.5, 0.6) is 0 Å². The normalized spacial score (nSPS) is 27.2. The Hall–Kier alpha value is -1.49. The molecular formula is C19H34O9Si. The summed E-state index contributed by atoms with van der Waals surface area (Å²) in [6, 6.07) is 2.53. The van der Waals surface area contributed by atoms with Crippen LogP contribution in [-0.4, -0.2) is 70.6 Å². The van der Waals surface area contributed by atoms with E-state index in [0.29, 0.717) is 0 Å². The molecule has 29 heavy (non-hydrogen) atoms. The fourth-order valence-corrected chi connectivity index (χ4v) is 6.34. The Morgan fingerprint density at radius 3 is 1.76 bits per heavy atom. The molecule has 0 aromatic rings. The van der Waals surface area contributed by atoms with Crippen LogP contribution in [0.15, 0.2) is 0 Å². The molecule has 0 N–H and O–H groups in total. The number of hydrogen-bond acceptors (Lipinski definition) is 9. The van der Waals surface area contributed by atoms with E-state index in [0.717, 1.165) is 18.1 Å². The van der Waals surface area contributed by atoms with Gasteiger partial charge in [0.2, 0.25) is 0 Å². The van der Waals surface area contributed by atoms with E-state index in [4.69, 9.17) is 28.1 Å². The van der Waals surface area contributed by atoms with Crippen LogP contribution in [0.4, 0.5) is 0 Å². The molecule has 1 rings (SSSR count). The van der Waals surface area contributed by atoms with Gasteiger partial charge in [0.05, 0.1) is 0 Å². The molecule has 1 aliphatic heterocycles. The third-order valence-electron chi connectivity index (χ3n) is 5.20. The van der Waals surface area contributed by atoms with Crippen LogP contribution in [0, 0.1) is 0 Å². The van der Waals surface area contributed by atoms with E-state index >= 15 is 0 Å². The average Bonchev–Trinajstić information content (AvgIpc) is 2.66. The quantitative estimate of drug-likeness (QED) is 0.290. The molecule has 0 amide bonds. The Balaban J connectivity index is 3.37. The second-order valence-corrected chi connectivity index (χ2v) is 11.8. The SMILES string of the molecule is CC[Si](CC)(CC)O[C@H]1[C@H](OC(C)=O)[C@@H](OC(C)=O)[C@@H](OC)O[C@@H]1COC(C)=O. The lowest BCUT2D eigenvalue weighted by atomic mass is 9.98. The monoisotopic (exact) mass is 434 g/mol. The third kappa shape index (κ3) is 7.05. The zero-order chi connectivity index (χ0) is 22.2. The summed E-state index contributed by atoms with van der Waals surface area (Å²) < 4.78 is 33.9. The van der Waals surface area contributed by atoms with Gasteiger partial charge in [-0.2, -0.15) is 0 Å². The zero-order valence-electron chi connectivity index (χ0n) is 18.4. The highest BCUT2D eigenvalue weighted by Crippen LogP contribution is 2.34. The van der Waals surface area contributed by atoms with Gasteiger partial charge in [-0.15, -0.1) is 0 Å². The molecule has 1 saturated heterocycles. The lowest BCUT2D eigenvalue weighted by Gasteiger charge is -2.47.